The number of benzene rings is 2. The summed E-state index contributed by atoms with van der Waals surface area (Å²) >= 11 is 0. The van der Waals surface area contributed by atoms with Crippen molar-refractivity contribution < 1.29 is 18.1 Å². The zero-order valence-corrected chi connectivity index (χ0v) is 18.0. The fourth-order valence-electron chi connectivity index (χ4n) is 2.75. The molecule has 0 fully saturated rings. The number of nitrogens with zero attached hydrogens (tertiary/aromatic N) is 3. The first-order valence-electron chi connectivity index (χ1n) is 9.31. The van der Waals surface area contributed by atoms with Crippen LogP contribution >= 0.6 is 0 Å². The molecule has 2 N–H and O–H groups in total. The highest BCUT2D eigenvalue weighted by Crippen LogP contribution is 2.18. The van der Waals surface area contributed by atoms with Crippen LogP contribution in [0.2, 0.25) is 0 Å². The van der Waals surface area contributed by atoms with Crippen molar-refractivity contribution in [2.45, 2.75) is 18.7 Å². The second kappa shape index (κ2) is 9.35. The van der Waals surface area contributed by atoms with Crippen molar-refractivity contribution in [2.24, 2.45) is 0 Å². The summed E-state index contributed by atoms with van der Waals surface area (Å²) in [5, 5.41) is 13.3. The third-order valence-corrected chi connectivity index (χ3v) is 5.54. The Morgan fingerprint density at radius 1 is 1.03 bits per heavy atom. The van der Waals surface area contributed by atoms with E-state index in [4.69, 9.17) is 0 Å². The van der Waals surface area contributed by atoms with Crippen molar-refractivity contribution in [3.63, 3.8) is 0 Å². The average Bonchev–Trinajstić information content (AvgIpc) is 2.72. The summed E-state index contributed by atoms with van der Waals surface area (Å²) in [5.41, 5.74) is 1.61. The van der Waals surface area contributed by atoms with E-state index < -0.39 is 20.9 Å². The molecule has 32 heavy (non-hydrogen) atoms. The van der Waals surface area contributed by atoms with E-state index in [2.05, 4.69) is 20.0 Å². The van der Waals surface area contributed by atoms with E-state index in [9.17, 15) is 23.3 Å². The molecule has 2 aromatic carbocycles. The van der Waals surface area contributed by atoms with Gasteiger partial charge in [0.25, 0.3) is 15.7 Å². The van der Waals surface area contributed by atoms with Gasteiger partial charge in [-0.05, 0) is 61.9 Å². The molecular weight excluding hydrogens is 434 g/mol. The lowest BCUT2D eigenvalue weighted by molar-refractivity contribution is -0.384. The third-order valence-electron chi connectivity index (χ3n) is 4.17. The second-order valence-corrected chi connectivity index (χ2v) is 8.43. The van der Waals surface area contributed by atoms with Crippen LogP contribution in [0.4, 0.5) is 17.2 Å². The molecule has 0 atom stereocenters. The number of hydrogen-bond donors (Lipinski definition) is 2. The number of aryl methyl sites for hydroxylation is 2. The summed E-state index contributed by atoms with van der Waals surface area (Å²) in [6.07, 6.45) is 2.78. The number of sulfonamides is 1. The SMILES string of the molecule is Cc1cc(NS(=O)(=O)c2ccc(NC(=O)/C=C/c3ccc([N+](=O)[O-])cc3)cc2)nc(C)n1. The molecule has 0 unspecified atom stereocenters. The zero-order chi connectivity index (χ0) is 23.3. The summed E-state index contributed by atoms with van der Waals surface area (Å²) in [7, 11) is -3.86. The molecule has 0 aliphatic heterocycles. The van der Waals surface area contributed by atoms with Crippen molar-refractivity contribution in [3.05, 3.63) is 87.9 Å². The quantitative estimate of drug-likeness (QED) is 0.317. The Labute approximate surface area is 184 Å². The number of nitro groups is 1. The predicted octanol–water partition coefficient (Wildman–Crippen LogP) is 3.45. The normalized spacial score (nSPS) is 11.3. The average molecular weight is 453 g/mol. The minimum atomic E-state index is -3.86. The Bertz CT molecular complexity index is 1270. The van der Waals surface area contributed by atoms with Gasteiger partial charge in [-0.1, -0.05) is 0 Å². The molecule has 0 saturated heterocycles. The van der Waals surface area contributed by atoms with Crippen molar-refractivity contribution >= 4 is 39.2 Å². The Hall–Kier alpha value is -4.12. The number of amides is 1. The summed E-state index contributed by atoms with van der Waals surface area (Å²) in [4.78, 5) is 30.4. The highest BCUT2D eigenvalue weighted by molar-refractivity contribution is 7.92. The number of carbonyl (C=O) groups is 1. The molecule has 3 rings (SSSR count). The zero-order valence-electron chi connectivity index (χ0n) is 17.1. The molecule has 1 aromatic heterocycles. The molecule has 0 bridgehead atoms. The van der Waals surface area contributed by atoms with Crippen LogP contribution < -0.4 is 10.0 Å². The van der Waals surface area contributed by atoms with E-state index in [1.165, 1.54) is 66.7 Å². The lowest BCUT2D eigenvalue weighted by Crippen LogP contribution is -2.15. The van der Waals surface area contributed by atoms with Gasteiger partial charge in [-0.25, -0.2) is 18.4 Å². The van der Waals surface area contributed by atoms with Crippen LogP contribution in [0.5, 0.6) is 0 Å². The summed E-state index contributed by atoms with van der Waals surface area (Å²) < 4.78 is 27.5. The Morgan fingerprint density at radius 2 is 1.69 bits per heavy atom. The second-order valence-electron chi connectivity index (χ2n) is 6.74. The van der Waals surface area contributed by atoms with E-state index >= 15 is 0 Å². The minimum absolute atomic E-state index is 0.00541. The fraction of sp³-hybridized carbons (Fsp3) is 0.0952. The van der Waals surface area contributed by atoms with Gasteiger partial charge in [-0.15, -0.1) is 0 Å². The molecule has 0 radical (unpaired) electrons. The van der Waals surface area contributed by atoms with Crippen molar-refractivity contribution in [2.75, 3.05) is 10.0 Å². The molecule has 1 amide bonds. The molecule has 0 spiro atoms. The first-order chi connectivity index (χ1) is 15.1. The number of hydrogen-bond acceptors (Lipinski definition) is 7. The van der Waals surface area contributed by atoms with Gasteiger partial charge in [0.2, 0.25) is 5.91 Å². The number of anilines is 2. The van der Waals surface area contributed by atoms with Gasteiger partial charge in [0.15, 0.2) is 0 Å². The molecule has 0 saturated carbocycles. The van der Waals surface area contributed by atoms with E-state index in [0.29, 0.717) is 22.8 Å². The topological polar surface area (TPSA) is 144 Å². The smallest absolute Gasteiger partial charge is 0.269 e. The van der Waals surface area contributed by atoms with Crippen molar-refractivity contribution in [3.8, 4) is 0 Å². The lowest BCUT2D eigenvalue weighted by atomic mass is 10.2. The largest absolute Gasteiger partial charge is 0.323 e. The molecule has 0 aliphatic rings. The number of carbonyl (C=O) groups excluding carboxylic acids is 1. The molecule has 164 valence electrons. The fourth-order valence-corrected chi connectivity index (χ4v) is 3.74. The van der Waals surface area contributed by atoms with Gasteiger partial charge in [-0.2, -0.15) is 0 Å². The van der Waals surface area contributed by atoms with Crippen LogP contribution in [0.1, 0.15) is 17.1 Å². The number of nitro benzene ring substituents is 1. The van der Waals surface area contributed by atoms with Crippen LogP contribution in [-0.4, -0.2) is 29.2 Å². The highest BCUT2D eigenvalue weighted by Gasteiger charge is 2.15. The van der Waals surface area contributed by atoms with Gasteiger partial charge in [0, 0.05) is 35.7 Å². The molecule has 0 aliphatic carbocycles. The van der Waals surface area contributed by atoms with Gasteiger partial charge in [-0.3, -0.25) is 19.6 Å². The van der Waals surface area contributed by atoms with Crippen LogP contribution in [0.25, 0.3) is 6.08 Å². The first kappa shape index (κ1) is 22.6. The maximum absolute atomic E-state index is 12.6. The van der Waals surface area contributed by atoms with Gasteiger partial charge < -0.3 is 5.32 Å². The van der Waals surface area contributed by atoms with E-state index in [-0.39, 0.29) is 16.4 Å². The molecule has 10 nitrogen and oxygen atoms in total. The van der Waals surface area contributed by atoms with E-state index in [0.717, 1.165) is 0 Å². The lowest BCUT2D eigenvalue weighted by Gasteiger charge is -2.09. The summed E-state index contributed by atoms with van der Waals surface area (Å²) in [6, 6.07) is 12.9. The molecule has 11 heteroatoms. The van der Waals surface area contributed by atoms with Crippen molar-refractivity contribution in [1.29, 1.82) is 0 Å². The van der Waals surface area contributed by atoms with Crippen LogP contribution in [0.3, 0.4) is 0 Å². The third kappa shape index (κ3) is 5.95. The Balaban J connectivity index is 1.64. The summed E-state index contributed by atoms with van der Waals surface area (Å²) in [6.45, 7) is 3.40. The number of non-ortho nitro benzene ring substituents is 1. The number of aromatic nitrogens is 2. The Morgan fingerprint density at radius 3 is 2.28 bits per heavy atom. The molecule has 3 aromatic rings. The maximum atomic E-state index is 12.6. The number of rotatable bonds is 7. The minimum Gasteiger partial charge on any atom is -0.323 e. The standard InChI is InChI=1S/C21H19N5O5S/c1-14-13-20(23-15(2)22-14)25-32(30,31)19-10-6-17(7-11-19)24-21(27)12-5-16-3-8-18(9-4-16)26(28)29/h3-13H,1-2H3,(H,24,27)(H,22,23,25)/b12-5+. The van der Waals surface area contributed by atoms with Gasteiger partial charge >= 0.3 is 0 Å². The van der Waals surface area contributed by atoms with E-state index in [1.54, 1.807) is 13.8 Å². The van der Waals surface area contributed by atoms with E-state index in [1.807, 2.05) is 0 Å². The number of nitrogens with one attached hydrogen (secondary N) is 2. The van der Waals surface area contributed by atoms with Crippen LogP contribution in [-0.2, 0) is 14.8 Å². The van der Waals surface area contributed by atoms with Gasteiger partial charge in [0.05, 0.1) is 9.82 Å². The first-order valence-corrected chi connectivity index (χ1v) is 10.8. The monoisotopic (exact) mass is 453 g/mol. The maximum Gasteiger partial charge on any atom is 0.269 e. The van der Waals surface area contributed by atoms with Crippen LogP contribution in [0, 0.1) is 24.0 Å². The Kier molecular flexibility index (Phi) is 6.59. The van der Waals surface area contributed by atoms with Crippen LogP contribution in [0.15, 0.2) is 65.6 Å². The highest BCUT2D eigenvalue weighted by atomic mass is 32.2. The summed E-state index contributed by atoms with van der Waals surface area (Å²) in [5.74, 6) is 0.176. The molecule has 1 heterocycles. The molecular formula is C21H19N5O5S. The van der Waals surface area contributed by atoms with Gasteiger partial charge in [0.1, 0.15) is 11.6 Å². The van der Waals surface area contributed by atoms with Crippen molar-refractivity contribution in [1.82, 2.24) is 9.97 Å². The predicted molar refractivity (Wildman–Crippen MR) is 120 cm³/mol.